The van der Waals surface area contributed by atoms with E-state index >= 15 is 0 Å². The molecule has 0 aliphatic carbocycles. The molecule has 0 aliphatic heterocycles. The third-order valence-electron chi connectivity index (χ3n) is 4.27. The van der Waals surface area contributed by atoms with Crippen LogP contribution < -0.4 is 20.1 Å². The number of carbonyl (C=O) groups excluding carboxylic acids is 2. The fourth-order valence-corrected chi connectivity index (χ4v) is 2.73. The largest absolute Gasteiger partial charge is 0.493 e. The van der Waals surface area contributed by atoms with Crippen molar-refractivity contribution < 1.29 is 37.0 Å². The van der Waals surface area contributed by atoms with E-state index < -0.39 is 29.2 Å². The van der Waals surface area contributed by atoms with E-state index in [2.05, 4.69) is 5.32 Å². The predicted molar refractivity (Wildman–Crippen MR) is 111 cm³/mol. The van der Waals surface area contributed by atoms with Gasteiger partial charge in [0, 0.05) is 19.8 Å². The normalized spacial score (nSPS) is 11.0. The molecule has 0 radical (unpaired) electrons. The minimum absolute atomic E-state index is 0.0456. The van der Waals surface area contributed by atoms with Crippen LogP contribution >= 0.6 is 0 Å². The van der Waals surface area contributed by atoms with Crippen molar-refractivity contribution in [3.63, 3.8) is 0 Å². The third kappa shape index (κ3) is 7.45. The van der Waals surface area contributed by atoms with E-state index in [1.165, 1.54) is 7.11 Å². The molecule has 0 atom stereocenters. The summed E-state index contributed by atoms with van der Waals surface area (Å²) in [6.07, 6.45) is -4.37. The molecular weight excluding hydrogens is 429 g/mol. The van der Waals surface area contributed by atoms with Gasteiger partial charge in [-0.3, -0.25) is 10.1 Å². The number of carbonyl (C=O) groups is 2. The molecule has 0 bridgehead atoms. The van der Waals surface area contributed by atoms with E-state index in [1.54, 1.807) is 24.3 Å². The molecule has 3 amide bonds. The van der Waals surface area contributed by atoms with Gasteiger partial charge in [-0.25, -0.2) is 4.79 Å². The van der Waals surface area contributed by atoms with Gasteiger partial charge >= 0.3 is 12.2 Å². The Bertz CT molecular complexity index is 904. The molecule has 0 saturated heterocycles. The molecule has 2 aromatic rings. The predicted octanol–water partition coefficient (Wildman–Crippen LogP) is 4.16. The Labute approximate surface area is 183 Å². The van der Waals surface area contributed by atoms with Crippen LogP contribution in [-0.4, -0.2) is 38.8 Å². The molecule has 174 valence electrons. The molecule has 0 aliphatic rings. The van der Waals surface area contributed by atoms with Gasteiger partial charge in [-0.2, -0.15) is 13.2 Å². The van der Waals surface area contributed by atoms with E-state index in [0.717, 1.165) is 11.6 Å². The first-order valence-electron chi connectivity index (χ1n) is 9.89. The Hall–Kier alpha value is -3.27. The summed E-state index contributed by atoms with van der Waals surface area (Å²) in [6, 6.07) is 9.62. The van der Waals surface area contributed by atoms with Crippen molar-refractivity contribution in [1.29, 1.82) is 0 Å². The van der Waals surface area contributed by atoms with Crippen LogP contribution in [0, 0.1) is 0 Å². The van der Waals surface area contributed by atoms with E-state index in [9.17, 15) is 22.8 Å². The van der Waals surface area contributed by atoms with Crippen LogP contribution in [0.4, 0.5) is 18.0 Å². The number of nitrogens with one attached hydrogen (secondary N) is 2. The van der Waals surface area contributed by atoms with Gasteiger partial charge in [0.2, 0.25) is 0 Å². The Balaban J connectivity index is 2.20. The fourth-order valence-electron chi connectivity index (χ4n) is 2.73. The van der Waals surface area contributed by atoms with Crippen molar-refractivity contribution in [2.45, 2.75) is 26.1 Å². The second-order valence-electron chi connectivity index (χ2n) is 6.58. The van der Waals surface area contributed by atoms with E-state index in [4.69, 9.17) is 14.2 Å². The van der Waals surface area contributed by atoms with Crippen molar-refractivity contribution in [3.05, 3.63) is 59.2 Å². The standard InChI is InChI=1S/C22H25F3N2O5/c1-3-31-11-7-10-26-21(29)27-20(28)16-12-19(32-14-15-8-5-4-6-9-15)18(30-2)13-17(16)22(23,24)25/h4-6,8-9,12-13H,3,7,10-11,14H2,1-2H3,(H2,26,27,28,29). The molecule has 2 aromatic carbocycles. The number of rotatable bonds is 10. The first-order chi connectivity index (χ1) is 15.3. The summed E-state index contributed by atoms with van der Waals surface area (Å²) >= 11 is 0. The van der Waals surface area contributed by atoms with E-state index in [0.29, 0.717) is 25.7 Å². The number of imide groups is 1. The number of halogens is 3. The Morgan fingerprint density at radius 3 is 2.41 bits per heavy atom. The number of urea groups is 1. The first-order valence-corrected chi connectivity index (χ1v) is 9.89. The zero-order valence-corrected chi connectivity index (χ0v) is 17.8. The van der Waals surface area contributed by atoms with E-state index in [-0.39, 0.29) is 24.7 Å². The fraction of sp³-hybridized carbons (Fsp3) is 0.364. The van der Waals surface area contributed by atoms with Gasteiger partial charge in [0.15, 0.2) is 11.5 Å². The molecule has 10 heteroatoms. The molecule has 2 rings (SSSR count). The number of hydrogen-bond acceptors (Lipinski definition) is 5. The SMILES string of the molecule is CCOCCCNC(=O)NC(=O)c1cc(OCc2ccccc2)c(OC)cc1C(F)(F)F. The summed E-state index contributed by atoms with van der Waals surface area (Å²) in [4.78, 5) is 24.4. The summed E-state index contributed by atoms with van der Waals surface area (Å²) in [5, 5.41) is 4.31. The maximum Gasteiger partial charge on any atom is 0.417 e. The highest BCUT2D eigenvalue weighted by atomic mass is 19.4. The molecule has 0 aromatic heterocycles. The lowest BCUT2D eigenvalue weighted by molar-refractivity contribution is -0.138. The summed E-state index contributed by atoms with van der Waals surface area (Å²) < 4.78 is 56.5. The minimum Gasteiger partial charge on any atom is -0.493 e. The number of ether oxygens (including phenoxy) is 3. The lowest BCUT2D eigenvalue weighted by Gasteiger charge is -2.17. The highest BCUT2D eigenvalue weighted by Crippen LogP contribution is 2.39. The summed E-state index contributed by atoms with van der Waals surface area (Å²) in [6.45, 7) is 2.99. The van der Waals surface area contributed by atoms with Crippen LogP contribution in [0.5, 0.6) is 11.5 Å². The van der Waals surface area contributed by atoms with Crippen LogP contribution in [0.15, 0.2) is 42.5 Å². The lowest BCUT2D eigenvalue weighted by atomic mass is 10.0. The Morgan fingerprint density at radius 2 is 1.78 bits per heavy atom. The third-order valence-corrected chi connectivity index (χ3v) is 4.27. The lowest BCUT2D eigenvalue weighted by Crippen LogP contribution is -2.40. The molecule has 0 unspecified atom stereocenters. The number of benzene rings is 2. The second-order valence-corrected chi connectivity index (χ2v) is 6.58. The van der Waals surface area contributed by atoms with Gasteiger partial charge in [-0.1, -0.05) is 30.3 Å². The number of amides is 3. The van der Waals surface area contributed by atoms with Crippen LogP contribution in [-0.2, 0) is 17.5 Å². The number of hydrogen-bond donors (Lipinski definition) is 2. The first kappa shape index (κ1) is 25.0. The molecule has 0 saturated carbocycles. The van der Waals surface area contributed by atoms with Gasteiger partial charge in [0.05, 0.1) is 18.2 Å². The molecule has 7 nitrogen and oxygen atoms in total. The van der Waals surface area contributed by atoms with Crippen LogP contribution in [0.25, 0.3) is 0 Å². The monoisotopic (exact) mass is 454 g/mol. The molecule has 0 spiro atoms. The molecule has 0 heterocycles. The van der Waals surface area contributed by atoms with Crippen LogP contribution in [0.3, 0.4) is 0 Å². The van der Waals surface area contributed by atoms with Crippen molar-refractivity contribution in [1.82, 2.24) is 10.6 Å². The molecule has 32 heavy (non-hydrogen) atoms. The molecule has 0 fully saturated rings. The Kier molecular flexibility index (Phi) is 9.33. The van der Waals surface area contributed by atoms with Gasteiger partial charge in [0.1, 0.15) is 6.61 Å². The molecule has 2 N–H and O–H groups in total. The average Bonchev–Trinajstić information content (AvgIpc) is 2.76. The smallest absolute Gasteiger partial charge is 0.417 e. The highest BCUT2D eigenvalue weighted by Gasteiger charge is 2.37. The summed E-state index contributed by atoms with van der Waals surface area (Å²) in [5.74, 6) is -1.47. The number of methoxy groups -OCH3 is 1. The van der Waals surface area contributed by atoms with Gasteiger partial charge in [-0.05, 0) is 31.0 Å². The van der Waals surface area contributed by atoms with Crippen molar-refractivity contribution >= 4 is 11.9 Å². The number of alkyl halides is 3. The zero-order chi connectivity index (χ0) is 23.6. The molecular formula is C22H25F3N2O5. The summed E-state index contributed by atoms with van der Waals surface area (Å²) in [5.41, 5.74) is -1.24. The van der Waals surface area contributed by atoms with Crippen molar-refractivity contribution in [2.75, 3.05) is 26.9 Å². The van der Waals surface area contributed by atoms with Crippen molar-refractivity contribution in [2.24, 2.45) is 0 Å². The highest BCUT2D eigenvalue weighted by molar-refractivity contribution is 6.05. The van der Waals surface area contributed by atoms with Gasteiger partial charge in [-0.15, -0.1) is 0 Å². The van der Waals surface area contributed by atoms with Crippen LogP contribution in [0.2, 0.25) is 0 Å². The maximum atomic E-state index is 13.6. The van der Waals surface area contributed by atoms with Gasteiger partial charge in [0.25, 0.3) is 5.91 Å². The quantitative estimate of drug-likeness (QED) is 0.527. The average molecular weight is 454 g/mol. The van der Waals surface area contributed by atoms with Gasteiger partial charge < -0.3 is 19.5 Å². The zero-order valence-electron chi connectivity index (χ0n) is 17.8. The van der Waals surface area contributed by atoms with E-state index in [1.807, 2.05) is 18.3 Å². The summed E-state index contributed by atoms with van der Waals surface area (Å²) in [7, 11) is 1.19. The Morgan fingerprint density at radius 1 is 1.06 bits per heavy atom. The maximum absolute atomic E-state index is 13.6. The van der Waals surface area contributed by atoms with Crippen LogP contribution in [0.1, 0.15) is 34.8 Å². The van der Waals surface area contributed by atoms with Crippen molar-refractivity contribution in [3.8, 4) is 11.5 Å². The minimum atomic E-state index is -4.86. The second kappa shape index (κ2) is 11.9. The topological polar surface area (TPSA) is 85.9 Å².